The lowest BCUT2D eigenvalue weighted by Gasteiger charge is -2.41. The number of carbonyl (C=O) groups excluding carboxylic acids is 1. The summed E-state index contributed by atoms with van der Waals surface area (Å²) in [5.41, 5.74) is 5.37. The number of rotatable bonds is 2. The monoisotopic (exact) mass is 661 g/mol. The van der Waals surface area contributed by atoms with Gasteiger partial charge in [0.2, 0.25) is 0 Å². The van der Waals surface area contributed by atoms with Crippen LogP contribution in [0, 0.1) is 19.7 Å². The number of ether oxygens (including phenoxy) is 4. The van der Waals surface area contributed by atoms with E-state index in [1.807, 2.05) is 56.4 Å². The van der Waals surface area contributed by atoms with Crippen LogP contribution in [0.5, 0.6) is 5.75 Å². The van der Waals surface area contributed by atoms with Crippen LogP contribution >= 0.6 is 0 Å². The minimum absolute atomic E-state index is 0.160. The number of imidazole rings is 1. The molecule has 0 unspecified atom stereocenters. The lowest BCUT2D eigenvalue weighted by molar-refractivity contribution is -0.139. The number of aryl methyl sites for hydroxylation is 2. The van der Waals surface area contributed by atoms with E-state index < -0.39 is 5.60 Å². The Hall–Kier alpha value is -3.99. The summed E-state index contributed by atoms with van der Waals surface area (Å²) in [7, 11) is 1.41. The first-order valence-electron chi connectivity index (χ1n) is 16.6. The lowest BCUT2D eigenvalue weighted by atomic mass is 9.92. The van der Waals surface area contributed by atoms with Crippen LogP contribution in [0.3, 0.4) is 0 Å². The molecule has 0 aliphatic carbocycles. The Bertz CT molecular complexity index is 1750. The summed E-state index contributed by atoms with van der Waals surface area (Å²) in [4.78, 5) is 19.8. The van der Waals surface area contributed by atoms with E-state index in [0.29, 0.717) is 43.3 Å². The number of esters is 1. The third kappa shape index (κ3) is 8.53. The molecule has 6 bridgehead atoms. The number of hydrogen-bond donors (Lipinski definition) is 1. The third-order valence-electron chi connectivity index (χ3n) is 8.53. The van der Waals surface area contributed by atoms with Gasteiger partial charge >= 0.3 is 5.97 Å². The molecule has 3 aliphatic rings. The van der Waals surface area contributed by atoms with Gasteiger partial charge in [0.25, 0.3) is 0 Å². The second-order valence-corrected chi connectivity index (χ2v) is 13.9. The number of halogens is 1. The van der Waals surface area contributed by atoms with Crippen molar-refractivity contribution in [3.8, 4) is 28.1 Å². The number of anilines is 1. The molecule has 1 N–H and O–H groups in total. The van der Waals surface area contributed by atoms with Gasteiger partial charge in [-0.05, 0) is 95.3 Å². The average molecular weight is 662 g/mol. The maximum absolute atomic E-state index is 15.5. The zero-order valence-electron chi connectivity index (χ0n) is 29.2. The molecular formula is C38H48FN3O6. The highest BCUT2D eigenvalue weighted by Crippen LogP contribution is 2.38. The Labute approximate surface area is 282 Å². The number of pyridine rings is 1. The van der Waals surface area contributed by atoms with Crippen LogP contribution in [0.1, 0.15) is 57.2 Å². The molecule has 5 heterocycles. The first kappa shape index (κ1) is 35.3. The Morgan fingerprint density at radius 3 is 2.44 bits per heavy atom. The van der Waals surface area contributed by atoms with E-state index in [9.17, 15) is 4.79 Å². The number of benzene rings is 2. The summed E-state index contributed by atoms with van der Waals surface area (Å²) >= 11 is 0. The van der Waals surface area contributed by atoms with Crippen LogP contribution in [-0.2, 0) is 25.4 Å². The van der Waals surface area contributed by atoms with Crippen molar-refractivity contribution in [2.45, 2.75) is 72.0 Å². The highest BCUT2D eigenvalue weighted by Gasteiger charge is 2.33. The number of aromatic nitrogens is 2. The maximum Gasteiger partial charge on any atom is 0.310 e. The maximum atomic E-state index is 15.5. The molecule has 1 fully saturated rings. The number of hydrogen-bond acceptors (Lipinski definition) is 8. The topological polar surface area (TPSA) is 94.8 Å². The van der Waals surface area contributed by atoms with Gasteiger partial charge in [-0.3, -0.25) is 9.20 Å². The van der Waals surface area contributed by atoms with E-state index in [0.717, 1.165) is 65.3 Å². The van der Waals surface area contributed by atoms with Crippen LogP contribution in [0.15, 0.2) is 48.7 Å². The minimum atomic E-state index is -0.500. The van der Waals surface area contributed by atoms with Crippen molar-refractivity contribution in [3.63, 3.8) is 0 Å². The Kier molecular flexibility index (Phi) is 10.8. The number of methoxy groups -OCH3 is 1. The summed E-state index contributed by atoms with van der Waals surface area (Å²) < 4.78 is 40.8. The van der Waals surface area contributed by atoms with Crippen LogP contribution in [0.2, 0.25) is 0 Å². The first-order valence-corrected chi connectivity index (χ1v) is 16.6. The van der Waals surface area contributed by atoms with Crippen molar-refractivity contribution in [2.75, 3.05) is 51.5 Å². The lowest BCUT2D eigenvalue weighted by Crippen LogP contribution is -2.45. The van der Waals surface area contributed by atoms with Crippen molar-refractivity contribution in [1.29, 1.82) is 0 Å². The molecule has 1 saturated heterocycles. The predicted octanol–water partition coefficient (Wildman–Crippen LogP) is 6.70. The number of aliphatic hydroxyl groups is 1. The molecule has 2 aromatic carbocycles. The van der Waals surface area contributed by atoms with E-state index in [-0.39, 0.29) is 23.8 Å². The van der Waals surface area contributed by atoms with Crippen LogP contribution in [0.25, 0.3) is 28.0 Å². The summed E-state index contributed by atoms with van der Waals surface area (Å²) in [5, 5.41) is 8.52. The van der Waals surface area contributed by atoms with Crippen LogP contribution in [0.4, 0.5) is 10.2 Å². The van der Waals surface area contributed by atoms with Crippen LogP contribution in [-0.4, -0.2) is 78.3 Å². The minimum Gasteiger partial charge on any atom is -0.490 e. The molecule has 0 spiro atoms. The van der Waals surface area contributed by atoms with E-state index in [1.165, 1.54) is 13.2 Å². The smallest absolute Gasteiger partial charge is 0.310 e. The molecule has 258 valence electrons. The van der Waals surface area contributed by atoms with Gasteiger partial charge in [-0.1, -0.05) is 18.2 Å². The fourth-order valence-corrected chi connectivity index (χ4v) is 6.12. The first-order chi connectivity index (χ1) is 22.7. The molecule has 9 nitrogen and oxygen atoms in total. The average Bonchev–Trinajstić information content (AvgIpc) is 3.43. The molecule has 3 aliphatic heterocycles. The van der Waals surface area contributed by atoms with Gasteiger partial charge in [-0.25, -0.2) is 9.37 Å². The highest BCUT2D eigenvalue weighted by atomic mass is 19.1. The van der Waals surface area contributed by atoms with Gasteiger partial charge in [-0.15, -0.1) is 0 Å². The molecule has 2 aromatic heterocycles. The van der Waals surface area contributed by atoms with E-state index >= 15 is 4.39 Å². The third-order valence-corrected chi connectivity index (χ3v) is 8.53. The fourth-order valence-electron chi connectivity index (χ4n) is 6.12. The van der Waals surface area contributed by atoms with Crippen molar-refractivity contribution < 1.29 is 33.2 Å². The SMILES string of the molecule is CC(C)(C)O.COC(=O)Cc1c(C)cc2nc3cn2c1N1CCC(C)(CC1)OCCOCCOc1cc(C)cc(F)c1-c1cccc-3c1. The normalized spacial score (nSPS) is 16.5. The van der Waals surface area contributed by atoms with Crippen molar-refractivity contribution >= 4 is 17.4 Å². The summed E-state index contributed by atoms with van der Waals surface area (Å²) in [5.74, 6) is 0.778. The van der Waals surface area contributed by atoms with E-state index in [2.05, 4.69) is 16.2 Å². The van der Waals surface area contributed by atoms with Gasteiger partial charge in [0.1, 0.15) is 29.6 Å². The Balaban J connectivity index is 0.000000840. The number of piperidine rings is 1. The second-order valence-electron chi connectivity index (χ2n) is 13.9. The van der Waals surface area contributed by atoms with Crippen molar-refractivity contribution in [3.05, 3.63) is 71.2 Å². The Morgan fingerprint density at radius 2 is 1.73 bits per heavy atom. The molecule has 48 heavy (non-hydrogen) atoms. The Morgan fingerprint density at radius 1 is 1.04 bits per heavy atom. The molecule has 7 rings (SSSR count). The zero-order valence-corrected chi connectivity index (χ0v) is 29.2. The summed E-state index contributed by atoms with van der Waals surface area (Å²) in [6.45, 7) is 14.3. The molecule has 0 saturated carbocycles. The molecule has 0 radical (unpaired) electrons. The van der Waals surface area contributed by atoms with Gasteiger partial charge < -0.3 is 29.0 Å². The second kappa shape index (κ2) is 14.6. The molecule has 10 heteroatoms. The van der Waals surface area contributed by atoms with Crippen molar-refractivity contribution in [2.24, 2.45) is 0 Å². The van der Waals surface area contributed by atoms with E-state index in [4.69, 9.17) is 29.0 Å². The standard InChI is InChI=1S/C34H38FN3O5.C4H10O/c1-22-16-27(35)32-25-7-5-6-24(19-25)28-21-38-30(36-28)18-23(2)26(20-31(39)40-4)33(38)37-10-8-34(3,9-11-37)43-15-13-41-12-14-42-29(32)17-22;1-4(2,3)5/h5-7,16-19,21H,8-15,20H2,1-4H3;5H,1-3H3. The van der Waals surface area contributed by atoms with Crippen LogP contribution < -0.4 is 9.64 Å². The van der Waals surface area contributed by atoms with Gasteiger partial charge in [0.15, 0.2) is 0 Å². The zero-order chi connectivity index (χ0) is 34.6. The number of carbonyl (C=O) groups is 1. The van der Waals surface area contributed by atoms with Crippen molar-refractivity contribution in [1.82, 2.24) is 9.38 Å². The summed E-state index contributed by atoms with van der Waals surface area (Å²) in [6, 6.07) is 13.1. The summed E-state index contributed by atoms with van der Waals surface area (Å²) in [6.07, 6.45) is 3.82. The fraction of sp³-hybridized carbons (Fsp3) is 0.474. The van der Waals surface area contributed by atoms with Gasteiger partial charge in [0, 0.05) is 30.4 Å². The van der Waals surface area contributed by atoms with Gasteiger partial charge in [-0.2, -0.15) is 0 Å². The molecule has 4 aromatic rings. The molecule has 0 atom stereocenters. The quantitative estimate of drug-likeness (QED) is 0.187. The number of nitrogens with zero attached hydrogens (tertiary/aromatic N) is 3. The molecular weight excluding hydrogens is 613 g/mol. The van der Waals surface area contributed by atoms with E-state index in [1.54, 1.807) is 20.8 Å². The largest absolute Gasteiger partial charge is 0.490 e. The predicted molar refractivity (Wildman–Crippen MR) is 185 cm³/mol. The highest BCUT2D eigenvalue weighted by molar-refractivity contribution is 5.79. The molecule has 0 amide bonds. The number of fused-ring (bicyclic) bond motifs is 8. The van der Waals surface area contributed by atoms with Gasteiger partial charge in [0.05, 0.1) is 55.8 Å².